The van der Waals surface area contributed by atoms with Crippen LogP contribution < -0.4 is 17.2 Å². The molecule has 0 spiro atoms. The summed E-state index contributed by atoms with van der Waals surface area (Å²) in [5.41, 5.74) is 20.7. The Bertz CT molecular complexity index is 2920. The van der Waals surface area contributed by atoms with Gasteiger partial charge in [-0.05, 0) is 106 Å². The van der Waals surface area contributed by atoms with E-state index in [1.165, 1.54) is 29.9 Å². The number of halogens is 2. The van der Waals surface area contributed by atoms with Crippen LogP contribution in [0.25, 0.3) is 56.0 Å². The Morgan fingerprint density at radius 3 is 1.62 bits per heavy atom. The highest BCUT2D eigenvalue weighted by Crippen LogP contribution is 2.33. The van der Waals surface area contributed by atoms with Crippen LogP contribution in [0.15, 0.2) is 88.7 Å². The zero-order valence-corrected chi connectivity index (χ0v) is 37.2. The summed E-state index contributed by atoms with van der Waals surface area (Å²) in [4.78, 5) is 36.6. The van der Waals surface area contributed by atoms with Gasteiger partial charge in [-0.25, -0.2) is 43.1 Å². The van der Waals surface area contributed by atoms with E-state index in [-0.39, 0.29) is 45.5 Å². The lowest BCUT2D eigenvalue weighted by atomic mass is 10.1. The van der Waals surface area contributed by atoms with Crippen molar-refractivity contribution >= 4 is 87.8 Å². The van der Waals surface area contributed by atoms with E-state index in [1.54, 1.807) is 49.4 Å². The number of nitrogens with two attached hydrogens (primary N) is 3. The van der Waals surface area contributed by atoms with Gasteiger partial charge in [-0.3, -0.25) is 0 Å². The maximum absolute atomic E-state index is 12.3. The molecule has 0 aliphatic heterocycles. The molecule has 7 heterocycles. The monoisotopic (exact) mass is 995 g/mol. The molecule has 308 valence electrons. The molecule has 0 atom stereocenters. The average Bonchev–Trinajstić information content (AvgIpc) is 4.06. The molecule has 0 amide bonds. The van der Waals surface area contributed by atoms with Crippen LogP contribution in [-0.2, 0) is 9.84 Å². The molecule has 0 saturated heterocycles. The Morgan fingerprint density at radius 1 is 0.683 bits per heavy atom. The second-order valence-corrected chi connectivity index (χ2v) is 18.4. The minimum absolute atomic E-state index is 0.0827. The van der Waals surface area contributed by atoms with Crippen molar-refractivity contribution in [2.45, 2.75) is 37.8 Å². The zero-order chi connectivity index (χ0) is 43.3. The molecule has 0 radical (unpaired) electrons. The summed E-state index contributed by atoms with van der Waals surface area (Å²) in [5, 5.41) is 28.1. The van der Waals surface area contributed by atoms with Gasteiger partial charge in [-0.2, -0.15) is 0 Å². The first kappa shape index (κ1) is 43.5. The number of anilines is 3. The van der Waals surface area contributed by atoms with Gasteiger partial charge in [0.1, 0.15) is 9.21 Å². The van der Waals surface area contributed by atoms with Crippen LogP contribution >= 0.6 is 54.5 Å². The van der Waals surface area contributed by atoms with Crippen LogP contribution in [0.3, 0.4) is 0 Å². The first-order valence-electron chi connectivity index (χ1n) is 17.1. The van der Waals surface area contributed by atoms with Gasteiger partial charge in [0.15, 0.2) is 44.4 Å². The molecule has 24 heteroatoms. The lowest BCUT2D eigenvalue weighted by molar-refractivity contribution is 0.0691. The molecular formula is C36H31Br2N13O6S3. The number of rotatable bonds is 8. The molecule has 60 heavy (non-hydrogen) atoms. The van der Waals surface area contributed by atoms with Gasteiger partial charge in [0.05, 0.1) is 44.2 Å². The summed E-state index contributed by atoms with van der Waals surface area (Å²) in [5.74, 6) is 0.433. The second kappa shape index (κ2) is 18.5. The first-order valence-corrected chi connectivity index (χ1v) is 22.0. The Labute approximate surface area is 365 Å². The number of carboxylic acid groups (broad SMARTS) is 1. The Morgan fingerprint density at radius 2 is 1.15 bits per heavy atom. The lowest BCUT2D eigenvalue weighted by Crippen LogP contribution is -2.13. The van der Waals surface area contributed by atoms with Gasteiger partial charge >= 0.3 is 5.97 Å². The predicted octanol–water partition coefficient (Wildman–Crippen LogP) is 7.42. The summed E-state index contributed by atoms with van der Waals surface area (Å²) >= 11 is 9.26. The van der Waals surface area contributed by atoms with Crippen molar-refractivity contribution in [3.8, 4) is 56.0 Å². The molecule has 7 aromatic heterocycles. The number of sulfone groups is 1. The van der Waals surface area contributed by atoms with E-state index in [1.807, 2.05) is 36.7 Å². The lowest BCUT2D eigenvalue weighted by Gasteiger charge is -2.09. The number of carbonyl (C=O) groups is 1. The molecular weight excluding hydrogens is 966 g/mol. The largest absolute Gasteiger partial charge is 0.476 e. The van der Waals surface area contributed by atoms with Crippen molar-refractivity contribution in [3.63, 3.8) is 0 Å². The Kier molecular flexibility index (Phi) is 13.4. The number of nitrogens with zero attached hydrogens (tertiary/aromatic N) is 10. The smallest absolute Gasteiger partial charge is 0.358 e. The van der Waals surface area contributed by atoms with Crippen LogP contribution in [0, 0.1) is 13.8 Å². The standard InChI is InChI=1S/C20H19N5O3S2.C11H8BrN5OS.C5H4BrN3O2/c1-11(2)30(26,27)14-6-4-13(5-7-14)15-10-22-18(21)16(23-15)19-24-25-20(28-19)17-12(3)8-9-29-17;1-5-2-3-19-8(5)11-17-16-10(18-11)7-9(13)14-4-6(12)15-7;6-2-1-8-4(7)3(9-2)5(10)11/h4-11H,1-3H3,(H2,21,22);2-4H,1H3,(H2,13,14);1H,(H2,7,8)(H,10,11). The normalized spacial score (nSPS) is 11.1. The fraction of sp³-hybridized carbons (Fsp3) is 0.139. The Balaban J connectivity index is 0.000000171. The SMILES string of the molecule is Cc1ccsc1-c1nnc(-c2nc(-c3ccc(S(=O)(=O)C(C)C)cc3)cnc2N)o1.Cc1ccsc1-c1nnc(-c2nc(Br)cnc2N)o1.Nc1ncc(Br)nc1C(=O)O. The van der Waals surface area contributed by atoms with Gasteiger partial charge in [-0.15, -0.1) is 43.1 Å². The molecule has 7 N–H and O–H groups in total. The molecule has 0 fully saturated rings. The van der Waals surface area contributed by atoms with E-state index in [4.69, 9.17) is 31.1 Å². The van der Waals surface area contributed by atoms with Crippen molar-refractivity contribution < 1.29 is 27.2 Å². The van der Waals surface area contributed by atoms with Gasteiger partial charge in [0.25, 0.3) is 23.6 Å². The predicted molar refractivity (Wildman–Crippen MR) is 232 cm³/mol. The number of carboxylic acids is 1. The zero-order valence-electron chi connectivity index (χ0n) is 31.6. The maximum atomic E-state index is 12.3. The quantitative estimate of drug-likeness (QED) is 0.115. The molecule has 1 aromatic carbocycles. The van der Waals surface area contributed by atoms with Crippen LogP contribution in [0.4, 0.5) is 17.5 Å². The third-order valence-electron chi connectivity index (χ3n) is 8.01. The number of hydrogen-bond acceptors (Lipinski definition) is 20. The van der Waals surface area contributed by atoms with E-state index < -0.39 is 21.1 Å². The number of hydrogen-bond donors (Lipinski definition) is 4. The number of thiophene rings is 2. The van der Waals surface area contributed by atoms with Gasteiger partial charge in [0, 0.05) is 5.56 Å². The second-order valence-electron chi connectivity index (χ2n) is 12.5. The van der Waals surface area contributed by atoms with Crippen molar-refractivity contribution in [2.75, 3.05) is 17.2 Å². The maximum Gasteiger partial charge on any atom is 0.358 e. The summed E-state index contributed by atoms with van der Waals surface area (Å²) in [6, 6.07) is 10.5. The number of benzene rings is 1. The van der Waals surface area contributed by atoms with Crippen LogP contribution in [0.5, 0.6) is 0 Å². The first-order chi connectivity index (χ1) is 28.5. The van der Waals surface area contributed by atoms with E-state index in [0.717, 1.165) is 20.9 Å². The molecule has 0 unspecified atom stereocenters. The minimum Gasteiger partial charge on any atom is -0.476 e. The molecule has 19 nitrogen and oxygen atoms in total. The van der Waals surface area contributed by atoms with Crippen LogP contribution in [0.1, 0.15) is 35.5 Å². The number of aromatic nitrogens is 10. The fourth-order valence-corrected chi connectivity index (χ4v) is 8.17. The van der Waals surface area contributed by atoms with Crippen molar-refractivity contribution in [3.05, 3.63) is 91.8 Å². The average molecular weight is 998 g/mol. The molecule has 8 aromatic rings. The van der Waals surface area contributed by atoms with E-state index in [2.05, 4.69) is 82.2 Å². The third-order valence-corrected chi connectivity index (χ3v) is 13.0. The fourth-order valence-electron chi connectivity index (χ4n) is 4.86. The number of aromatic carboxylic acids is 1. The van der Waals surface area contributed by atoms with Crippen LogP contribution in [0.2, 0.25) is 0 Å². The molecule has 8 rings (SSSR count). The highest BCUT2D eigenvalue weighted by molar-refractivity contribution is 9.10. The summed E-state index contributed by atoms with van der Waals surface area (Å²) in [6.07, 6.45) is 4.37. The van der Waals surface area contributed by atoms with Crippen molar-refractivity contribution in [1.29, 1.82) is 0 Å². The topological polar surface area (TPSA) is 305 Å². The van der Waals surface area contributed by atoms with Gasteiger partial charge < -0.3 is 31.1 Å². The van der Waals surface area contributed by atoms with Crippen molar-refractivity contribution in [1.82, 2.24) is 50.3 Å². The Hall–Kier alpha value is -6.08. The third kappa shape index (κ3) is 9.85. The highest BCUT2D eigenvalue weighted by Gasteiger charge is 2.21. The molecule has 0 aliphatic rings. The summed E-state index contributed by atoms with van der Waals surface area (Å²) in [7, 11) is -3.34. The highest BCUT2D eigenvalue weighted by atomic mass is 79.9. The minimum atomic E-state index is -3.34. The van der Waals surface area contributed by atoms with E-state index in [0.29, 0.717) is 37.9 Å². The molecule has 0 saturated carbocycles. The van der Waals surface area contributed by atoms with E-state index in [9.17, 15) is 13.2 Å². The summed E-state index contributed by atoms with van der Waals surface area (Å²) in [6.45, 7) is 7.26. The number of aryl methyl sites for hydroxylation is 2. The molecule has 0 aliphatic carbocycles. The number of nitrogen functional groups attached to an aromatic ring is 3. The van der Waals surface area contributed by atoms with Crippen molar-refractivity contribution in [2.24, 2.45) is 0 Å². The van der Waals surface area contributed by atoms with Gasteiger partial charge in [0.2, 0.25) is 0 Å². The van der Waals surface area contributed by atoms with Crippen LogP contribution in [-0.4, -0.2) is 75.0 Å². The molecule has 0 bridgehead atoms. The summed E-state index contributed by atoms with van der Waals surface area (Å²) < 4.78 is 36.9. The van der Waals surface area contributed by atoms with Gasteiger partial charge in [-0.1, -0.05) is 12.1 Å². The van der Waals surface area contributed by atoms with E-state index >= 15 is 0 Å².